The van der Waals surface area contributed by atoms with E-state index in [0.29, 0.717) is 33.0 Å². The molecule has 0 saturated heterocycles. The van der Waals surface area contributed by atoms with Crippen LogP contribution in [-0.2, 0) is 4.79 Å². The van der Waals surface area contributed by atoms with Crippen LogP contribution in [0, 0.1) is 6.92 Å². The van der Waals surface area contributed by atoms with Crippen molar-refractivity contribution in [3.63, 3.8) is 0 Å². The molecule has 6 heteroatoms. The van der Waals surface area contributed by atoms with Crippen LogP contribution in [-0.4, -0.2) is 11.6 Å². The summed E-state index contributed by atoms with van der Waals surface area (Å²) in [5.74, 6) is -0.120. The maximum atomic E-state index is 12.7. The van der Waals surface area contributed by atoms with E-state index in [4.69, 9.17) is 16.0 Å². The standard InChI is InChI=1S/C21H15ClN2O3/c1-13-7-10-17-19(20(13)22)21(26)14(12-27-17)8-9-15-11-18(25)24(23-15)16-5-3-2-4-6-16/h2-10,12H,11H2,1H3/b9-8+. The van der Waals surface area contributed by atoms with Crippen molar-refractivity contribution < 1.29 is 9.21 Å². The topological polar surface area (TPSA) is 62.9 Å². The number of benzene rings is 2. The van der Waals surface area contributed by atoms with Gasteiger partial charge in [-0.1, -0.05) is 35.9 Å². The van der Waals surface area contributed by atoms with E-state index in [1.807, 2.05) is 37.3 Å². The number of hydrogen-bond acceptors (Lipinski definition) is 4. The summed E-state index contributed by atoms with van der Waals surface area (Å²) >= 11 is 6.28. The Morgan fingerprint density at radius 1 is 1.11 bits per heavy atom. The summed E-state index contributed by atoms with van der Waals surface area (Å²) in [7, 11) is 0. The van der Waals surface area contributed by atoms with Gasteiger partial charge >= 0.3 is 0 Å². The lowest BCUT2D eigenvalue weighted by Crippen LogP contribution is -2.19. The summed E-state index contributed by atoms with van der Waals surface area (Å²) in [4.78, 5) is 24.9. The molecule has 1 aromatic heterocycles. The summed E-state index contributed by atoms with van der Waals surface area (Å²) in [6.45, 7) is 1.83. The van der Waals surface area contributed by atoms with E-state index in [1.54, 1.807) is 24.3 Å². The number of aryl methyl sites for hydroxylation is 1. The molecule has 0 unspecified atom stereocenters. The molecule has 1 aliphatic rings. The molecule has 0 fully saturated rings. The number of hydrazone groups is 1. The maximum absolute atomic E-state index is 12.7. The number of nitrogens with zero attached hydrogens (tertiary/aromatic N) is 2. The molecule has 0 aliphatic carbocycles. The Hall–Kier alpha value is -3.18. The van der Waals surface area contributed by atoms with Crippen molar-refractivity contribution in [2.24, 2.45) is 5.10 Å². The zero-order valence-electron chi connectivity index (χ0n) is 14.5. The molecular formula is C21H15ClN2O3. The van der Waals surface area contributed by atoms with Gasteiger partial charge in [0.15, 0.2) is 0 Å². The minimum atomic E-state index is -0.217. The lowest BCUT2D eigenvalue weighted by molar-refractivity contribution is -0.116. The van der Waals surface area contributed by atoms with Gasteiger partial charge in [-0.15, -0.1) is 0 Å². The molecule has 1 aliphatic heterocycles. The van der Waals surface area contributed by atoms with Crippen LogP contribution in [0.3, 0.4) is 0 Å². The molecule has 0 atom stereocenters. The second-order valence-corrected chi connectivity index (χ2v) is 6.61. The quantitative estimate of drug-likeness (QED) is 0.671. The molecule has 0 spiro atoms. The lowest BCUT2D eigenvalue weighted by atomic mass is 10.1. The number of hydrogen-bond donors (Lipinski definition) is 0. The molecule has 5 nitrogen and oxygen atoms in total. The summed E-state index contributed by atoms with van der Waals surface area (Å²) in [6.07, 6.45) is 4.82. The van der Waals surface area contributed by atoms with E-state index in [-0.39, 0.29) is 17.8 Å². The Bertz CT molecular complexity index is 1160. The Morgan fingerprint density at radius 2 is 1.89 bits per heavy atom. The number of allylic oxidation sites excluding steroid dienone is 1. The third-order valence-electron chi connectivity index (χ3n) is 4.35. The van der Waals surface area contributed by atoms with Crippen LogP contribution in [0.5, 0.6) is 0 Å². The highest BCUT2D eigenvalue weighted by Gasteiger charge is 2.23. The van der Waals surface area contributed by atoms with Crippen LogP contribution in [0.15, 0.2) is 69.1 Å². The van der Waals surface area contributed by atoms with Gasteiger partial charge in [0.25, 0.3) is 5.91 Å². The molecule has 3 aromatic rings. The van der Waals surface area contributed by atoms with E-state index >= 15 is 0 Å². The van der Waals surface area contributed by atoms with Crippen molar-refractivity contribution in [3.05, 3.63) is 81.2 Å². The SMILES string of the molecule is Cc1ccc2occ(/C=C/C3=NN(c4ccccc4)C(=O)C3)c(=O)c2c1Cl. The van der Waals surface area contributed by atoms with Gasteiger partial charge in [0.2, 0.25) is 5.43 Å². The number of fused-ring (bicyclic) bond motifs is 1. The summed E-state index contributed by atoms with van der Waals surface area (Å²) < 4.78 is 5.53. The Balaban J connectivity index is 1.68. The second kappa shape index (κ2) is 6.85. The molecule has 1 amide bonds. The Morgan fingerprint density at radius 3 is 2.67 bits per heavy atom. The predicted octanol–water partition coefficient (Wildman–Crippen LogP) is 4.56. The summed E-state index contributed by atoms with van der Waals surface area (Å²) in [5.41, 5.74) is 2.66. The van der Waals surface area contributed by atoms with E-state index in [2.05, 4.69) is 5.10 Å². The van der Waals surface area contributed by atoms with Crippen molar-refractivity contribution >= 4 is 46.0 Å². The molecule has 134 valence electrons. The highest BCUT2D eigenvalue weighted by atomic mass is 35.5. The number of amides is 1. The largest absolute Gasteiger partial charge is 0.463 e. The zero-order valence-corrected chi connectivity index (χ0v) is 15.2. The predicted molar refractivity (Wildman–Crippen MR) is 107 cm³/mol. The first kappa shape index (κ1) is 17.2. The fourth-order valence-electron chi connectivity index (χ4n) is 2.91. The first-order valence-corrected chi connectivity index (χ1v) is 8.76. The third-order valence-corrected chi connectivity index (χ3v) is 4.84. The number of carbonyl (C=O) groups is 1. The van der Waals surface area contributed by atoms with Crippen molar-refractivity contribution in [1.29, 1.82) is 0 Å². The molecule has 0 saturated carbocycles. The average Bonchev–Trinajstić information content (AvgIpc) is 3.05. The van der Waals surface area contributed by atoms with Crippen LogP contribution in [0.25, 0.3) is 17.0 Å². The highest BCUT2D eigenvalue weighted by molar-refractivity contribution is 6.36. The number of halogens is 1. The van der Waals surface area contributed by atoms with E-state index in [9.17, 15) is 9.59 Å². The molecule has 0 radical (unpaired) electrons. The van der Waals surface area contributed by atoms with Crippen molar-refractivity contribution in [3.8, 4) is 0 Å². The van der Waals surface area contributed by atoms with Crippen LogP contribution < -0.4 is 10.4 Å². The van der Waals surface area contributed by atoms with E-state index < -0.39 is 0 Å². The van der Waals surface area contributed by atoms with Crippen LogP contribution in [0.4, 0.5) is 5.69 Å². The molecule has 27 heavy (non-hydrogen) atoms. The molecule has 0 bridgehead atoms. The van der Waals surface area contributed by atoms with Crippen LogP contribution in [0.2, 0.25) is 5.02 Å². The normalized spacial score (nSPS) is 14.4. The van der Waals surface area contributed by atoms with Gasteiger partial charge < -0.3 is 4.42 Å². The number of para-hydroxylation sites is 1. The van der Waals surface area contributed by atoms with Gasteiger partial charge in [0, 0.05) is 0 Å². The molecule has 0 N–H and O–H groups in total. The first-order valence-electron chi connectivity index (χ1n) is 8.39. The molecular weight excluding hydrogens is 364 g/mol. The van der Waals surface area contributed by atoms with Crippen molar-refractivity contribution in [2.45, 2.75) is 13.3 Å². The molecule has 2 heterocycles. The van der Waals surface area contributed by atoms with Gasteiger partial charge in [-0.05, 0) is 42.8 Å². The van der Waals surface area contributed by atoms with Gasteiger partial charge in [0.1, 0.15) is 11.8 Å². The lowest BCUT2D eigenvalue weighted by Gasteiger charge is -2.10. The van der Waals surface area contributed by atoms with Crippen LogP contribution in [0.1, 0.15) is 17.5 Å². The van der Waals surface area contributed by atoms with E-state index in [0.717, 1.165) is 5.56 Å². The zero-order chi connectivity index (χ0) is 19.0. The fraction of sp³-hybridized carbons (Fsp3) is 0.0952. The minimum absolute atomic E-state index is 0.120. The minimum Gasteiger partial charge on any atom is -0.463 e. The van der Waals surface area contributed by atoms with E-state index in [1.165, 1.54) is 11.3 Å². The van der Waals surface area contributed by atoms with Gasteiger partial charge in [0.05, 0.1) is 33.8 Å². The molecule has 4 rings (SSSR count). The summed E-state index contributed by atoms with van der Waals surface area (Å²) in [6, 6.07) is 12.7. The highest BCUT2D eigenvalue weighted by Crippen LogP contribution is 2.25. The van der Waals surface area contributed by atoms with Crippen molar-refractivity contribution in [2.75, 3.05) is 5.01 Å². The number of rotatable bonds is 3. The fourth-order valence-corrected chi connectivity index (χ4v) is 3.15. The maximum Gasteiger partial charge on any atom is 0.253 e. The van der Waals surface area contributed by atoms with Gasteiger partial charge in [-0.3, -0.25) is 9.59 Å². The Kier molecular flexibility index (Phi) is 4.38. The Labute approximate surface area is 160 Å². The van der Waals surface area contributed by atoms with Crippen LogP contribution >= 0.6 is 11.6 Å². The smallest absolute Gasteiger partial charge is 0.253 e. The summed E-state index contributed by atoms with van der Waals surface area (Å²) in [5, 5.41) is 6.44. The van der Waals surface area contributed by atoms with Gasteiger partial charge in [-0.2, -0.15) is 5.10 Å². The third kappa shape index (κ3) is 3.17. The van der Waals surface area contributed by atoms with Gasteiger partial charge in [-0.25, -0.2) is 5.01 Å². The first-order chi connectivity index (χ1) is 13.0. The monoisotopic (exact) mass is 378 g/mol. The number of anilines is 1. The molecule has 2 aromatic carbocycles. The van der Waals surface area contributed by atoms with Crippen molar-refractivity contribution in [1.82, 2.24) is 0 Å². The second-order valence-electron chi connectivity index (χ2n) is 6.23. The average molecular weight is 379 g/mol. The number of carbonyl (C=O) groups excluding carboxylic acids is 1.